The summed E-state index contributed by atoms with van der Waals surface area (Å²) in [4.78, 5) is 11.5. The highest BCUT2D eigenvalue weighted by atomic mass is 16.1. The highest BCUT2D eigenvalue weighted by Crippen LogP contribution is 2.18. The van der Waals surface area contributed by atoms with Crippen molar-refractivity contribution in [2.75, 3.05) is 18.4 Å². The third-order valence-electron chi connectivity index (χ3n) is 2.76. The topological polar surface area (TPSA) is 41.1 Å². The molecule has 1 rings (SSSR count). The minimum Gasteiger partial charge on any atom is -0.376 e. The molecule has 0 aliphatic carbocycles. The van der Waals surface area contributed by atoms with Crippen LogP contribution in [0.2, 0.25) is 0 Å². The Morgan fingerprint density at radius 3 is 2.47 bits per heavy atom. The number of amides is 1. The maximum Gasteiger partial charge on any atom is 0.239 e. The minimum atomic E-state index is 0.0566. The minimum absolute atomic E-state index is 0.0566. The van der Waals surface area contributed by atoms with Crippen molar-refractivity contribution in [1.82, 2.24) is 5.32 Å². The van der Waals surface area contributed by atoms with Crippen LogP contribution in [-0.2, 0) is 4.79 Å². The SMILES string of the molecule is CCCCNC(=O)CNc1c(C)cccc1C. The van der Waals surface area contributed by atoms with E-state index >= 15 is 0 Å². The molecule has 0 aromatic heterocycles. The van der Waals surface area contributed by atoms with Crippen LogP contribution in [0.25, 0.3) is 0 Å². The number of benzene rings is 1. The van der Waals surface area contributed by atoms with E-state index in [9.17, 15) is 4.79 Å². The lowest BCUT2D eigenvalue weighted by Gasteiger charge is -2.12. The molecule has 0 fully saturated rings. The number of carbonyl (C=O) groups is 1. The number of nitrogens with one attached hydrogen (secondary N) is 2. The van der Waals surface area contributed by atoms with Crippen LogP contribution in [0, 0.1) is 13.8 Å². The molecule has 1 amide bonds. The Morgan fingerprint density at radius 1 is 1.24 bits per heavy atom. The van der Waals surface area contributed by atoms with E-state index in [1.807, 2.05) is 32.0 Å². The zero-order valence-electron chi connectivity index (χ0n) is 11.0. The Bertz CT molecular complexity index is 354. The van der Waals surface area contributed by atoms with E-state index in [-0.39, 0.29) is 5.91 Å². The van der Waals surface area contributed by atoms with E-state index in [2.05, 4.69) is 17.6 Å². The lowest BCUT2D eigenvalue weighted by atomic mass is 10.1. The summed E-state index contributed by atoms with van der Waals surface area (Å²) >= 11 is 0. The van der Waals surface area contributed by atoms with Gasteiger partial charge in [0.25, 0.3) is 0 Å². The molecule has 2 N–H and O–H groups in total. The second kappa shape index (κ2) is 6.94. The Morgan fingerprint density at radius 2 is 1.88 bits per heavy atom. The molecular formula is C14H22N2O. The molecule has 0 saturated heterocycles. The molecule has 0 aliphatic heterocycles. The van der Waals surface area contributed by atoms with Gasteiger partial charge in [0.15, 0.2) is 0 Å². The van der Waals surface area contributed by atoms with Crippen molar-refractivity contribution >= 4 is 11.6 Å². The Kier molecular flexibility index (Phi) is 5.53. The zero-order chi connectivity index (χ0) is 12.7. The quantitative estimate of drug-likeness (QED) is 0.743. The number of hydrogen-bond acceptors (Lipinski definition) is 2. The third-order valence-corrected chi connectivity index (χ3v) is 2.76. The first-order valence-electron chi connectivity index (χ1n) is 6.22. The van der Waals surface area contributed by atoms with Crippen molar-refractivity contribution in [3.05, 3.63) is 29.3 Å². The van der Waals surface area contributed by atoms with Gasteiger partial charge in [-0.2, -0.15) is 0 Å². The summed E-state index contributed by atoms with van der Waals surface area (Å²) in [6.07, 6.45) is 2.14. The number of aryl methyl sites for hydroxylation is 2. The average molecular weight is 234 g/mol. The van der Waals surface area contributed by atoms with E-state index in [0.717, 1.165) is 25.1 Å². The van der Waals surface area contributed by atoms with Crippen molar-refractivity contribution in [3.63, 3.8) is 0 Å². The summed E-state index contributed by atoms with van der Waals surface area (Å²) in [6.45, 7) is 7.31. The molecule has 0 radical (unpaired) electrons. The highest BCUT2D eigenvalue weighted by molar-refractivity contribution is 5.81. The van der Waals surface area contributed by atoms with Crippen molar-refractivity contribution in [1.29, 1.82) is 0 Å². The van der Waals surface area contributed by atoms with Crippen LogP contribution in [0.1, 0.15) is 30.9 Å². The van der Waals surface area contributed by atoms with Gasteiger partial charge < -0.3 is 10.6 Å². The van der Waals surface area contributed by atoms with E-state index in [4.69, 9.17) is 0 Å². The number of unbranched alkanes of at least 4 members (excludes halogenated alkanes) is 1. The molecule has 3 heteroatoms. The van der Waals surface area contributed by atoms with Crippen LogP contribution >= 0.6 is 0 Å². The van der Waals surface area contributed by atoms with Gasteiger partial charge in [-0.05, 0) is 31.4 Å². The fraction of sp³-hybridized carbons (Fsp3) is 0.500. The summed E-state index contributed by atoms with van der Waals surface area (Å²) in [5, 5.41) is 6.09. The van der Waals surface area contributed by atoms with Crippen LogP contribution in [0.3, 0.4) is 0 Å². The van der Waals surface area contributed by atoms with Gasteiger partial charge in [0.2, 0.25) is 5.91 Å². The molecule has 0 bridgehead atoms. The lowest BCUT2D eigenvalue weighted by Crippen LogP contribution is -2.30. The molecule has 94 valence electrons. The highest BCUT2D eigenvalue weighted by Gasteiger charge is 2.04. The van der Waals surface area contributed by atoms with Crippen molar-refractivity contribution < 1.29 is 4.79 Å². The molecule has 0 saturated carbocycles. The number of carbonyl (C=O) groups excluding carboxylic acids is 1. The van der Waals surface area contributed by atoms with Crippen LogP contribution in [-0.4, -0.2) is 19.0 Å². The van der Waals surface area contributed by atoms with Crippen molar-refractivity contribution in [2.24, 2.45) is 0 Å². The summed E-state index contributed by atoms with van der Waals surface area (Å²) < 4.78 is 0. The van der Waals surface area contributed by atoms with E-state index in [1.165, 1.54) is 11.1 Å². The number of para-hydroxylation sites is 1. The molecule has 17 heavy (non-hydrogen) atoms. The Hall–Kier alpha value is -1.51. The van der Waals surface area contributed by atoms with E-state index in [1.54, 1.807) is 0 Å². The van der Waals surface area contributed by atoms with Gasteiger partial charge >= 0.3 is 0 Å². The summed E-state index contributed by atoms with van der Waals surface area (Å²) in [5.74, 6) is 0.0566. The zero-order valence-corrected chi connectivity index (χ0v) is 11.0. The van der Waals surface area contributed by atoms with Crippen molar-refractivity contribution in [2.45, 2.75) is 33.6 Å². The molecule has 0 spiro atoms. The van der Waals surface area contributed by atoms with Gasteiger partial charge in [0, 0.05) is 12.2 Å². The van der Waals surface area contributed by atoms with Gasteiger partial charge in [0.1, 0.15) is 0 Å². The first-order chi connectivity index (χ1) is 8.15. The van der Waals surface area contributed by atoms with Crippen LogP contribution in [0.15, 0.2) is 18.2 Å². The van der Waals surface area contributed by atoms with Gasteiger partial charge in [0.05, 0.1) is 6.54 Å². The molecule has 1 aromatic rings. The maximum atomic E-state index is 11.5. The summed E-state index contributed by atoms with van der Waals surface area (Å²) in [5.41, 5.74) is 3.41. The fourth-order valence-corrected chi connectivity index (χ4v) is 1.73. The van der Waals surface area contributed by atoms with Crippen molar-refractivity contribution in [3.8, 4) is 0 Å². The Labute approximate surface area is 104 Å². The second-order valence-corrected chi connectivity index (χ2v) is 4.32. The lowest BCUT2D eigenvalue weighted by molar-refractivity contribution is -0.119. The van der Waals surface area contributed by atoms with Crippen LogP contribution in [0.4, 0.5) is 5.69 Å². The number of rotatable bonds is 6. The summed E-state index contributed by atoms with van der Waals surface area (Å²) in [6, 6.07) is 6.12. The molecule has 0 unspecified atom stereocenters. The first-order valence-corrected chi connectivity index (χ1v) is 6.22. The average Bonchev–Trinajstić information content (AvgIpc) is 2.29. The number of anilines is 1. The molecule has 1 aromatic carbocycles. The largest absolute Gasteiger partial charge is 0.376 e. The van der Waals surface area contributed by atoms with Gasteiger partial charge in [-0.25, -0.2) is 0 Å². The van der Waals surface area contributed by atoms with Gasteiger partial charge in [-0.15, -0.1) is 0 Å². The molecule has 3 nitrogen and oxygen atoms in total. The second-order valence-electron chi connectivity index (χ2n) is 4.32. The monoisotopic (exact) mass is 234 g/mol. The van der Waals surface area contributed by atoms with E-state index in [0.29, 0.717) is 6.54 Å². The van der Waals surface area contributed by atoms with Crippen LogP contribution in [0.5, 0.6) is 0 Å². The molecule has 0 heterocycles. The Balaban J connectivity index is 2.42. The standard InChI is InChI=1S/C14H22N2O/c1-4-5-9-15-13(17)10-16-14-11(2)7-6-8-12(14)3/h6-8,16H,4-5,9-10H2,1-3H3,(H,15,17). The maximum absolute atomic E-state index is 11.5. The number of hydrogen-bond donors (Lipinski definition) is 2. The first kappa shape index (κ1) is 13.6. The molecule has 0 aliphatic rings. The molecule has 0 atom stereocenters. The van der Waals surface area contributed by atoms with E-state index < -0.39 is 0 Å². The normalized spacial score (nSPS) is 10.1. The molecular weight excluding hydrogens is 212 g/mol. The fourth-order valence-electron chi connectivity index (χ4n) is 1.73. The third kappa shape index (κ3) is 4.47. The summed E-state index contributed by atoms with van der Waals surface area (Å²) in [7, 11) is 0. The van der Waals surface area contributed by atoms with Gasteiger partial charge in [-0.3, -0.25) is 4.79 Å². The predicted octanol–water partition coefficient (Wildman–Crippen LogP) is 2.63. The van der Waals surface area contributed by atoms with Crippen LogP contribution < -0.4 is 10.6 Å². The smallest absolute Gasteiger partial charge is 0.239 e. The predicted molar refractivity (Wildman–Crippen MR) is 72.3 cm³/mol. The van der Waals surface area contributed by atoms with Gasteiger partial charge in [-0.1, -0.05) is 31.5 Å².